The van der Waals surface area contributed by atoms with E-state index in [0.29, 0.717) is 75.0 Å². The van der Waals surface area contributed by atoms with Gasteiger partial charge >= 0.3 is 23.9 Å². The molecule has 0 spiro atoms. The third kappa shape index (κ3) is 16.1. The number of phenolic OH excluding ortho intramolecular Hbond substituents is 2. The first-order chi connectivity index (χ1) is 31.9. The Labute approximate surface area is 386 Å². The predicted molar refractivity (Wildman–Crippen MR) is 243 cm³/mol. The van der Waals surface area contributed by atoms with Crippen LogP contribution in [0.15, 0.2) is 54.6 Å². The number of aromatic nitrogens is 3. The van der Waals surface area contributed by atoms with E-state index in [9.17, 15) is 29.4 Å². The Hall–Kier alpha value is -6.65. The zero-order valence-electron chi connectivity index (χ0n) is 38.8. The lowest BCUT2D eigenvalue weighted by Crippen LogP contribution is -2.28. The molecule has 1 aromatic heterocycles. The second-order valence-corrected chi connectivity index (χ2v) is 15.3. The van der Waals surface area contributed by atoms with E-state index in [-0.39, 0.29) is 76.6 Å². The Kier molecular flexibility index (Phi) is 21.8. The van der Waals surface area contributed by atoms with E-state index < -0.39 is 24.1 Å². The van der Waals surface area contributed by atoms with Gasteiger partial charge in [-0.2, -0.15) is 0 Å². The van der Waals surface area contributed by atoms with Crippen molar-refractivity contribution in [2.24, 2.45) is 0 Å². The standard InChI is InChI=1S/C49H63N3O14/c1-7-9-17-40(48(57)61-5)65-33-22-24-35(38(53)29-33)45-50-46(36-25-23-34(30-39(36)54)66-41(18-10-8-2)49(58)62-6)52-47(51-45)37-26-21-32(63-27-15-11-13-19-43(55)59-3)31-42(37)64-28-16-12-14-20-44(56)60-4/h21-26,29-31,40-41,53-54H,7-20,27-28H2,1-6H3. The Morgan fingerprint density at radius 3 is 1.35 bits per heavy atom. The highest BCUT2D eigenvalue weighted by atomic mass is 16.6. The van der Waals surface area contributed by atoms with Crippen LogP contribution >= 0.6 is 0 Å². The van der Waals surface area contributed by atoms with Gasteiger partial charge in [0.05, 0.1) is 58.3 Å². The normalized spacial score (nSPS) is 11.8. The fourth-order valence-corrected chi connectivity index (χ4v) is 6.67. The molecule has 17 heteroatoms. The Morgan fingerprint density at radius 1 is 0.500 bits per heavy atom. The van der Waals surface area contributed by atoms with Crippen LogP contribution in [0.2, 0.25) is 0 Å². The minimum Gasteiger partial charge on any atom is -0.507 e. The summed E-state index contributed by atoms with van der Waals surface area (Å²) in [5.74, 6) is -0.645. The Balaban J connectivity index is 1.78. The van der Waals surface area contributed by atoms with Gasteiger partial charge in [-0.05, 0) is 101 Å². The van der Waals surface area contributed by atoms with Crippen LogP contribution in [0.1, 0.15) is 104 Å². The molecule has 0 saturated carbocycles. The first kappa shape index (κ1) is 52.0. The van der Waals surface area contributed by atoms with Crippen molar-refractivity contribution in [3.05, 3.63) is 54.6 Å². The highest BCUT2D eigenvalue weighted by Gasteiger charge is 2.25. The van der Waals surface area contributed by atoms with Crippen molar-refractivity contribution in [1.82, 2.24) is 15.0 Å². The molecule has 0 aliphatic heterocycles. The lowest BCUT2D eigenvalue weighted by Gasteiger charge is -2.18. The van der Waals surface area contributed by atoms with Gasteiger partial charge in [0.25, 0.3) is 0 Å². The number of hydrogen-bond donors (Lipinski definition) is 2. The molecular formula is C49H63N3O14. The van der Waals surface area contributed by atoms with Crippen LogP contribution in [0, 0.1) is 0 Å². The van der Waals surface area contributed by atoms with E-state index in [1.165, 1.54) is 40.6 Å². The number of aromatic hydroxyl groups is 2. The Morgan fingerprint density at radius 2 is 0.924 bits per heavy atom. The van der Waals surface area contributed by atoms with Gasteiger partial charge in [-0.1, -0.05) is 26.7 Å². The number of benzene rings is 3. The molecule has 0 fully saturated rings. The summed E-state index contributed by atoms with van der Waals surface area (Å²) >= 11 is 0. The summed E-state index contributed by atoms with van der Waals surface area (Å²) in [5.41, 5.74) is 0.811. The molecule has 2 N–H and O–H groups in total. The van der Waals surface area contributed by atoms with Gasteiger partial charge in [-0.3, -0.25) is 9.59 Å². The van der Waals surface area contributed by atoms with Crippen LogP contribution in [0.4, 0.5) is 0 Å². The molecule has 0 amide bonds. The minimum atomic E-state index is -0.884. The van der Waals surface area contributed by atoms with E-state index >= 15 is 0 Å². The van der Waals surface area contributed by atoms with Crippen LogP contribution in [0.3, 0.4) is 0 Å². The van der Waals surface area contributed by atoms with Gasteiger partial charge in [-0.25, -0.2) is 24.5 Å². The third-order valence-corrected chi connectivity index (χ3v) is 10.4. The van der Waals surface area contributed by atoms with E-state index in [1.807, 2.05) is 13.8 Å². The number of rotatable bonds is 29. The van der Waals surface area contributed by atoms with Gasteiger partial charge in [0, 0.05) is 31.0 Å². The topological polar surface area (TPSA) is 221 Å². The second-order valence-electron chi connectivity index (χ2n) is 15.3. The van der Waals surface area contributed by atoms with Gasteiger partial charge in [0.2, 0.25) is 0 Å². The number of nitrogens with zero attached hydrogens (tertiary/aromatic N) is 3. The summed E-state index contributed by atoms with van der Waals surface area (Å²) in [6.07, 6.45) is 6.84. The lowest BCUT2D eigenvalue weighted by atomic mass is 10.1. The van der Waals surface area contributed by atoms with Crippen molar-refractivity contribution >= 4 is 23.9 Å². The molecule has 17 nitrogen and oxygen atoms in total. The summed E-state index contributed by atoms with van der Waals surface area (Å²) in [6.45, 7) is 4.64. The van der Waals surface area contributed by atoms with Gasteiger partial charge in [-0.15, -0.1) is 0 Å². The van der Waals surface area contributed by atoms with Crippen molar-refractivity contribution in [2.75, 3.05) is 41.7 Å². The second kappa shape index (κ2) is 27.6. The summed E-state index contributed by atoms with van der Waals surface area (Å²) in [6, 6.07) is 14.2. The van der Waals surface area contributed by atoms with E-state index in [2.05, 4.69) is 0 Å². The largest absolute Gasteiger partial charge is 0.507 e. The number of unbranched alkanes of at least 4 members (excludes halogenated alkanes) is 6. The van der Waals surface area contributed by atoms with E-state index in [1.54, 1.807) is 42.5 Å². The molecular weight excluding hydrogens is 855 g/mol. The first-order valence-electron chi connectivity index (χ1n) is 22.4. The number of phenols is 2. The van der Waals surface area contributed by atoms with Gasteiger partial charge in [0.15, 0.2) is 29.7 Å². The van der Waals surface area contributed by atoms with Crippen molar-refractivity contribution in [3.8, 4) is 68.7 Å². The quantitative estimate of drug-likeness (QED) is 0.0295. The maximum Gasteiger partial charge on any atom is 0.347 e. The molecule has 4 aromatic rings. The minimum absolute atomic E-state index is 0.0284. The average Bonchev–Trinajstić information content (AvgIpc) is 3.32. The monoisotopic (exact) mass is 917 g/mol. The molecule has 0 saturated heterocycles. The molecule has 2 atom stereocenters. The van der Waals surface area contributed by atoms with Crippen molar-refractivity contribution in [2.45, 2.75) is 116 Å². The molecule has 66 heavy (non-hydrogen) atoms. The molecule has 2 unspecified atom stereocenters. The number of carbonyl (C=O) groups is 4. The molecule has 358 valence electrons. The summed E-state index contributed by atoms with van der Waals surface area (Å²) in [5, 5.41) is 22.9. The van der Waals surface area contributed by atoms with E-state index in [4.69, 9.17) is 52.8 Å². The molecule has 0 radical (unpaired) electrons. The average molecular weight is 918 g/mol. The van der Waals surface area contributed by atoms with Gasteiger partial charge < -0.3 is 48.1 Å². The maximum absolute atomic E-state index is 12.5. The number of hydrogen-bond acceptors (Lipinski definition) is 17. The fourth-order valence-electron chi connectivity index (χ4n) is 6.67. The van der Waals surface area contributed by atoms with Crippen molar-refractivity contribution in [1.29, 1.82) is 0 Å². The van der Waals surface area contributed by atoms with E-state index in [0.717, 1.165) is 32.1 Å². The zero-order valence-corrected chi connectivity index (χ0v) is 38.8. The van der Waals surface area contributed by atoms with Crippen LogP contribution in [0.25, 0.3) is 34.2 Å². The molecule has 1 heterocycles. The van der Waals surface area contributed by atoms with Crippen molar-refractivity contribution < 1.29 is 67.3 Å². The Bertz CT molecular complexity index is 2100. The smallest absolute Gasteiger partial charge is 0.347 e. The molecule has 0 aliphatic rings. The number of ether oxygens (including phenoxy) is 8. The van der Waals surface area contributed by atoms with Crippen LogP contribution in [-0.4, -0.2) is 103 Å². The predicted octanol–water partition coefficient (Wildman–Crippen LogP) is 8.73. The highest BCUT2D eigenvalue weighted by Crippen LogP contribution is 2.39. The number of carbonyl (C=O) groups excluding carboxylic acids is 4. The van der Waals surface area contributed by atoms with Crippen LogP contribution in [0.5, 0.6) is 34.5 Å². The summed E-state index contributed by atoms with van der Waals surface area (Å²) < 4.78 is 43.7. The lowest BCUT2D eigenvalue weighted by molar-refractivity contribution is -0.149. The fraction of sp³-hybridized carbons (Fsp3) is 0.490. The summed E-state index contributed by atoms with van der Waals surface area (Å²) in [4.78, 5) is 62.5. The van der Waals surface area contributed by atoms with Crippen LogP contribution in [-0.2, 0) is 38.1 Å². The zero-order chi connectivity index (χ0) is 47.8. The molecule has 4 rings (SSSR count). The van der Waals surface area contributed by atoms with Crippen molar-refractivity contribution in [3.63, 3.8) is 0 Å². The number of methoxy groups -OCH3 is 4. The third-order valence-electron chi connectivity index (χ3n) is 10.4. The first-order valence-corrected chi connectivity index (χ1v) is 22.4. The maximum atomic E-state index is 12.5. The highest BCUT2D eigenvalue weighted by molar-refractivity contribution is 5.77. The molecule has 3 aromatic carbocycles. The summed E-state index contributed by atoms with van der Waals surface area (Å²) in [7, 11) is 5.29. The van der Waals surface area contributed by atoms with Gasteiger partial charge in [0.1, 0.15) is 34.5 Å². The number of esters is 4. The molecule has 0 bridgehead atoms. The van der Waals surface area contributed by atoms with Crippen LogP contribution < -0.4 is 18.9 Å². The molecule has 0 aliphatic carbocycles. The SMILES string of the molecule is CCCCC(Oc1ccc(-c2nc(-c3ccc(OC(CCCC)C(=O)OC)cc3O)nc(-c3ccc(OCCCCCC(=O)OC)cc3OCCCCCC(=O)OC)n2)c(O)c1)C(=O)OC.